The van der Waals surface area contributed by atoms with Crippen molar-refractivity contribution in [3.05, 3.63) is 48.6 Å². The molecule has 0 aliphatic carbocycles. The SMILES string of the molecule is C#CC(OCC)OC(CCC=C)c1ccccc1. The lowest BCUT2D eigenvalue weighted by atomic mass is 10.0. The second-order valence-corrected chi connectivity index (χ2v) is 3.86. The van der Waals surface area contributed by atoms with Crippen LogP contribution in [0.2, 0.25) is 0 Å². The van der Waals surface area contributed by atoms with Crippen LogP contribution < -0.4 is 0 Å². The predicted octanol–water partition coefficient (Wildman–Crippen LogP) is 3.71. The van der Waals surface area contributed by atoms with E-state index in [0.29, 0.717) is 6.61 Å². The third kappa shape index (κ3) is 4.75. The minimum absolute atomic E-state index is 0.0585. The highest BCUT2D eigenvalue weighted by atomic mass is 16.7. The molecule has 0 fully saturated rings. The summed E-state index contributed by atoms with van der Waals surface area (Å²) >= 11 is 0. The van der Waals surface area contributed by atoms with E-state index in [1.165, 1.54) is 0 Å². The number of allylic oxidation sites excluding steroid dienone is 1. The normalized spacial score (nSPS) is 13.6. The molecule has 18 heavy (non-hydrogen) atoms. The zero-order valence-corrected chi connectivity index (χ0v) is 10.8. The molecule has 0 amide bonds. The van der Waals surface area contributed by atoms with Gasteiger partial charge in [-0.05, 0) is 31.2 Å². The van der Waals surface area contributed by atoms with Crippen molar-refractivity contribution in [1.82, 2.24) is 0 Å². The number of hydrogen-bond acceptors (Lipinski definition) is 2. The van der Waals surface area contributed by atoms with Gasteiger partial charge in [-0.15, -0.1) is 13.0 Å². The number of ether oxygens (including phenoxy) is 2. The van der Waals surface area contributed by atoms with Crippen LogP contribution in [0.4, 0.5) is 0 Å². The summed E-state index contributed by atoms with van der Waals surface area (Å²) in [4.78, 5) is 0. The Morgan fingerprint density at radius 1 is 1.39 bits per heavy atom. The number of benzene rings is 1. The average molecular weight is 244 g/mol. The first kappa shape index (κ1) is 14.5. The van der Waals surface area contributed by atoms with Gasteiger partial charge in [0.05, 0.1) is 6.10 Å². The van der Waals surface area contributed by atoms with Gasteiger partial charge in [-0.25, -0.2) is 0 Å². The Morgan fingerprint density at radius 3 is 2.67 bits per heavy atom. The van der Waals surface area contributed by atoms with Crippen molar-refractivity contribution in [2.24, 2.45) is 0 Å². The molecule has 1 aromatic rings. The van der Waals surface area contributed by atoms with Crippen LogP contribution in [0.3, 0.4) is 0 Å². The maximum Gasteiger partial charge on any atom is 0.222 e. The lowest BCUT2D eigenvalue weighted by molar-refractivity contribution is -0.137. The van der Waals surface area contributed by atoms with Crippen molar-refractivity contribution >= 4 is 0 Å². The van der Waals surface area contributed by atoms with E-state index in [4.69, 9.17) is 15.9 Å². The molecule has 0 N–H and O–H groups in total. The quantitative estimate of drug-likeness (QED) is 0.394. The highest BCUT2D eigenvalue weighted by Crippen LogP contribution is 2.24. The minimum Gasteiger partial charge on any atom is -0.342 e. The summed E-state index contributed by atoms with van der Waals surface area (Å²) in [6, 6.07) is 10.0. The van der Waals surface area contributed by atoms with Crippen LogP contribution in [0.15, 0.2) is 43.0 Å². The van der Waals surface area contributed by atoms with Gasteiger partial charge in [0.2, 0.25) is 6.29 Å². The van der Waals surface area contributed by atoms with Crippen LogP contribution in [0.1, 0.15) is 31.4 Å². The standard InChI is InChI=1S/C16H20O2/c1-4-7-13-15(14-11-9-8-10-12-14)18-16(5-2)17-6-3/h2,4,8-12,15-16H,1,6-7,13H2,3H3. The molecule has 0 saturated carbocycles. The highest BCUT2D eigenvalue weighted by molar-refractivity contribution is 5.18. The summed E-state index contributed by atoms with van der Waals surface area (Å²) in [7, 11) is 0. The second kappa shape index (κ2) is 8.52. The van der Waals surface area contributed by atoms with Crippen molar-refractivity contribution < 1.29 is 9.47 Å². The molecule has 1 rings (SSSR count). The molecular weight excluding hydrogens is 224 g/mol. The Kier molecular flexibility index (Phi) is 6.86. The van der Waals surface area contributed by atoms with E-state index >= 15 is 0 Å². The van der Waals surface area contributed by atoms with Crippen LogP contribution >= 0.6 is 0 Å². The Bertz CT molecular complexity index is 378. The van der Waals surface area contributed by atoms with Crippen LogP contribution in [-0.4, -0.2) is 12.9 Å². The van der Waals surface area contributed by atoms with Crippen molar-refractivity contribution in [1.29, 1.82) is 0 Å². The number of hydrogen-bond donors (Lipinski definition) is 0. The summed E-state index contributed by atoms with van der Waals surface area (Å²) in [6.45, 7) is 6.17. The Morgan fingerprint density at radius 2 is 2.11 bits per heavy atom. The zero-order valence-electron chi connectivity index (χ0n) is 10.8. The Balaban J connectivity index is 2.72. The van der Waals surface area contributed by atoms with Gasteiger partial charge >= 0.3 is 0 Å². The lowest BCUT2D eigenvalue weighted by Crippen LogP contribution is -2.18. The second-order valence-electron chi connectivity index (χ2n) is 3.86. The van der Waals surface area contributed by atoms with Crippen molar-refractivity contribution in [3.63, 3.8) is 0 Å². The van der Waals surface area contributed by atoms with Crippen LogP contribution in [0.25, 0.3) is 0 Å². The molecule has 1 aromatic carbocycles. The van der Waals surface area contributed by atoms with Gasteiger partial charge in [0.1, 0.15) is 0 Å². The molecule has 2 unspecified atom stereocenters. The van der Waals surface area contributed by atoms with Crippen molar-refractivity contribution in [3.8, 4) is 12.3 Å². The zero-order chi connectivity index (χ0) is 13.2. The molecule has 0 aliphatic heterocycles. The van der Waals surface area contributed by atoms with Gasteiger partial charge in [0.25, 0.3) is 0 Å². The van der Waals surface area contributed by atoms with E-state index in [1.54, 1.807) is 0 Å². The summed E-state index contributed by atoms with van der Waals surface area (Å²) in [6.07, 6.45) is 8.35. The Labute approximate surface area is 110 Å². The Hall–Kier alpha value is -1.56. The fraction of sp³-hybridized carbons (Fsp3) is 0.375. The van der Waals surface area contributed by atoms with Crippen LogP contribution in [0, 0.1) is 12.3 Å². The maximum absolute atomic E-state index is 5.82. The largest absolute Gasteiger partial charge is 0.342 e. The van der Waals surface area contributed by atoms with Gasteiger partial charge < -0.3 is 9.47 Å². The van der Waals surface area contributed by atoms with Crippen LogP contribution in [-0.2, 0) is 9.47 Å². The van der Waals surface area contributed by atoms with Gasteiger partial charge in [0, 0.05) is 6.61 Å². The first-order chi connectivity index (χ1) is 8.81. The van der Waals surface area contributed by atoms with Gasteiger partial charge in [-0.3, -0.25) is 0 Å². The molecule has 2 heteroatoms. The smallest absolute Gasteiger partial charge is 0.222 e. The third-order valence-electron chi connectivity index (χ3n) is 2.55. The average Bonchev–Trinajstić information content (AvgIpc) is 2.43. The van der Waals surface area contributed by atoms with Crippen molar-refractivity contribution in [2.45, 2.75) is 32.2 Å². The molecule has 0 heterocycles. The van der Waals surface area contributed by atoms with E-state index in [1.807, 2.05) is 43.3 Å². The summed E-state index contributed by atoms with van der Waals surface area (Å²) in [5, 5.41) is 0. The molecule has 0 spiro atoms. The number of terminal acetylenes is 1. The van der Waals surface area contributed by atoms with Gasteiger partial charge in [-0.2, -0.15) is 0 Å². The molecule has 96 valence electrons. The van der Waals surface area contributed by atoms with E-state index in [2.05, 4.69) is 12.5 Å². The van der Waals surface area contributed by atoms with Crippen LogP contribution in [0.5, 0.6) is 0 Å². The predicted molar refractivity (Wildman–Crippen MR) is 73.9 cm³/mol. The first-order valence-corrected chi connectivity index (χ1v) is 6.20. The molecule has 2 nitrogen and oxygen atoms in total. The van der Waals surface area contributed by atoms with Gasteiger partial charge in [-0.1, -0.05) is 36.4 Å². The van der Waals surface area contributed by atoms with E-state index in [9.17, 15) is 0 Å². The summed E-state index contributed by atoms with van der Waals surface area (Å²) in [5.74, 6) is 2.51. The van der Waals surface area contributed by atoms with E-state index in [-0.39, 0.29) is 6.10 Å². The minimum atomic E-state index is -0.593. The first-order valence-electron chi connectivity index (χ1n) is 6.20. The molecule has 2 atom stereocenters. The third-order valence-corrected chi connectivity index (χ3v) is 2.55. The number of rotatable bonds is 8. The summed E-state index contributed by atoms with van der Waals surface area (Å²) in [5.41, 5.74) is 1.11. The van der Waals surface area contributed by atoms with E-state index < -0.39 is 6.29 Å². The molecule has 0 radical (unpaired) electrons. The fourth-order valence-corrected chi connectivity index (χ4v) is 1.68. The molecule has 0 bridgehead atoms. The monoisotopic (exact) mass is 244 g/mol. The fourth-order valence-electron chi connectivity index (χ4n) is 1.68. The topological polar surface area (TPSA) is 18.5 Å². The molecule has 0 aliphatic rings. The highest BCUT2D eigenvalue weighted by Gasteiger charge is 2.16. The van der Waals surface area contributed by atoms with Gasteiger partial charge in [0.15, 0.2) is 0 Å². The maximum atomic E-state index is 5.82. The van der Waals surface area contributed by atoms with E-state index in [0.717, 1.165) is 18.4 Å². The summed E-state index contributed by atoms with van der Waals surface area (Å²) < 4.78 is 11.2. The molecule has 0 aromatic heterocycles. The molecular formula is C16H20O2. The molecule has 0 saturated heterocycles. The lowest BCUT2D eigenvalue weighted by Gasteiger charge is -2.21. The van der Waals surface area contributed by atoms with Crippen molar-refractivity contribution in [2.75, 3.05) is 6.61 Å².